The van der Waals surface area contributed by atoms with Gasteiger partial charge in [0.05, 0.1) is 11.5 Å². The van der Waals surface area contributed by atoms with Gasteiger partial charge >= 0.3 is 11.2 Å². The summed E-state index contributed by atoms with van der Waals surface area (Å²) in [6, 6.07) is 11.7. The lowest BCUT2D eigenvalue weighted by molar-refractivity contribution is -0.163. The minimum absolute atomic E-state index is 0.103. The molecule has 8 heteroatoms. The molecule has 1 atom stereocenters. The summed E-state index contributed by atoms with van der Waals surface area (Å²) in [7, 11) is -5.35. The van der Waals surface area contributed by atoms with Crippen molar-refractivity contribution in [2.75, 3.05) is 6.61 Å². The number of ether oxygens (including phenoxy) is 1. The highest BCUT2D eigenvalue weighted by Gasteiger charge is 2.74. The Morgan fingerprint density at radius 1 is 1.11 bits per heavy atom. The second-order valence-electron chi connectivity index (χ2n) is 6.12. The summed E-state index contributed by atoms with van der Waals surface area (Å²) in [5.41, 5.74) is -3.09. The van der Waals surface area contributed by atoms with E-state index in [9.17, 15) is 18.0 Å². The van der Waals surface area contributed by atoms with Crippen LogP contribution in [0.25, 0.3) is 0 Å². The van der Waals surface area contributed by atoms with Gasteiger partial charge in [0.15, 0.2) is 5.78 Å². The third kappa shape index (κ3) is 2.58. The van der Waals surface area contributed by atoms with Crippen molar-refractivity contribution in [3.8, 4) is 0 Å². The van der Waals surface area contributed by atoms with Crippen LogP contribution in [0.15, 0.2) is 59.5 Å². The van der Waals surface area contributed by atoms with Gasteiger partial charge in [-0.25, -0.2) is 8.42 Å². The molecule has 0 radical (unpaired) electrons. The smallest absolute Gasteiger partial charge is 0.373 e. The molecule has 0 spiro atoms. The van der Waals surface area contributed by atoms with Crippen LogP contribution >= 0.6 is 0 Å². The lowest BCUT2D eigenvalue weighted by Gasteiger charge is -2.32. The molecule has 1 aliphatic rings. The van der Waals surface area contributed by atoms with Crippen LogP contribution in [0.2, 0.25) is 0 Å². The second-order valence-corrected chi connectivity index (χ2v) is 8.11. The molecule has 2 aromatic rings. The Hall–Kier alpha value is -2.61. The normalized spacial score (nSPS) is 19.6. The van der Waals surface area contributed by atoms with Crippen LogP contribution in [-0.4, -0.2) is 32.0 Å². The Kier molecular flexibility index (Phi) is 4.63. The van der Waals surface area contributed by atoms with E-state index in [4.69, 9.17) is 4.74 Å². The van der Waals surface area contributed by atoms with Crippen molar-refractivity contribution in [1.29, 1.82) is 0 Å². The fourth-order valence-electron chi connectivity index (χ4n) is 3.24. The number of rotatable bonds is 5. The molecule has 0 saturated carbocycles. The predicted octanol–water partition coefficient (Wildman–Crippen LogP) is 3.04. The van der Waals surface area contributed by atoms with Gasteiger partial charge in [-0.15, -0.1) is 0 Å². The maximum absolute atomic E-state index is 15.5. The number of carbonyl (C=O) groups excluding carboxylic acids is 2. The number of halogens is 2. The Morgan fingerprint density at radius 3 is 2.30 bits per heavy atom. The third-order valence-electron chi connectivity index (χ3n) is 4.62. The van der Waals surface area contributed by atoms with Crippen LogP contribution < -0.4 is 0 Å². The van der Waals surface area contributed by atoms with Gasteiger partial charge in [-0.1, -0.05) is 42.5 Å². The summed E-state index contributed by atoms with van der Waals surface area (Å²) in [6.45, 7) is 1.12. The van der Waals surface area contributed by atoms with Crippen LogP contribution in [-0.2, 0) is 25.8 Å². The van der Waals surface area contributed by atoms with Crippen LogP contribution in [0.1, 0.15) is 22.8 Å². The number of hydrogen-bond acceptors (Lipinski definition) is 5. The lowest BCUT2D eigenvalue weighted by Crippen LogP contribution is -2.56. The molecule has 1 unspecified atom stereocenters. The van der Waals surface area contributed by atoms with E-state index in [1.807, 2.05) is 0 Å². The Morgan fingerprint density at radius 2 is 1.70 bits per heavy atom. The number of benzene rings is 2. The molecule has 27 heavy (non-hydrogen) atoms. The van der Waals surface area contributed by atoms with Crippen LogP contribution in [0.3, 0.4) is 0 Å². The number of esters is 1. The van der Waals surface area contributed by atoms with Crippen LogP contribution in [0, 0.1) is 5.41 Å². The molecule has 1 aliphatic carbocycles. The van der Waals surface area contributed by atoms with E-state index in [0.29, 0.717) is 0 Å². The van der Waals surface area contributed by atoms with E-state index in [2.05, 4.69) is 0 Å². The molecule has 0 N–H and O–H groups in total. The van der Waals surface area contributed by atoms with E-state index in [1.165, 1.54) is 49.4 Å². The molecule has 0 heterocycles. The van der Waals surface area contributed by atoms with Gasteiger partial charge in [0.2, 0.25) is 15.3 Å². The van der Waals surface area contributed by atoms with E-state index < -0.39 is 43.6 Å². The van der Waals surface area contributed by atoms with Crippen LogP contribution in [0.5, 0.6) is 0 Å². The first-order chi connectivity index (χ1) is 12.7. The number of carbonyl (C=O) groups is 2. The van der Waals surface area contributed by atoms with Gasteiger partial charge in [-0.3, -0.25) is 9.59 Å². The molecule has 0 aromatic heterocycles. The van der Waals surface area contributed by atoms with Gasteiger partial charge in [0.1, 0.15) is 0 Å². The SMILES string of the molecule is CCOC(=O)C1(C(F)(F)S(=O)(=O)c2ccccc2)Cc2ccccc2C1=O. The molecule has 0 bridgehead atoms. The summed E-state index contributed by atoms with van der Waals surface area (Å²) in [4.78, 5) is 24.8. The molecule has 0 fully saturated rings. The molecule has 0 aliphatic heterocycles. The number of ketones is 1. The van der Waals surface area contributed by atoms with Gasteiger partial charge in [0, 0.05) is 12.0 Å². The quantitative estimate of drug-likeness (QED) is 0.575. The first-order valence-electron chi connectivity index (χ1n) is 8.17. The van der Waals surface area contributed by atoms with Crippen molar-refractivity contribution in [2.45, 2.75) is 23.5 Å². The summed E-state index contributed by atoms with van der Waals surface area (Å²) in [5, 5.41) is -4.70. The zero-order chi connectivity index (χ0) is 19.9. The summed E-state index contributed by atoms with van der Waals surface area (Å²) in [6.07, 6.45) is -0.750. The molecular weight excluding hydrogens is 378 g/mol. The zero-order valence-electron chi connectivity index (χ0n) is 14.3. The largest absolute Gasteiger partial charge is 0.465 e. The number of Topliss-reactive ketones (excluding diaryl/α,β-unsaturated/α-hetero) is 1. The van der Waals surface area contributed by atoms with Gasteiger partial charge in [-0.05, 0) is 24.6 Å². The number of hydrogen-bond donors (Lipinski definition) is 0. The number of sulfone groups is 1. The van der Waals surface area contributed by atoms with Gasteiger partial charge in [0.25, 0.3) is 0 Å². The van der Waals surface area contributed by atoms with Crippen molar-refractivity contribution in [3.63, 3.8) is 0 Å². The molecule has 0 saturated heterocycles. The van der Waals surface area contributed by atoms with Gasteiger partial charge < -0.3 is 4.74 Å². The molecule has 142 valence electrons. The highest BCUT2D eigenvalue weighted by molar-refractivity contribution is 7.92. The Balaban J connectivity index is 2.24. The summed E-state index contributed by atoms with van der Waals surface area (Å²) < 4.78 is 61.3. The van der Waals surface area contributed by atoms with E-state index in [-0.39, 0.29) is 17.7 Å². The summed E-state index contributed by atoms with van der Waals surface area (Å²) in [5.74, 6) is -2.79. The minimum Gasteiger partial charge on any atom is -0.465 e. The van der Waals surface area contributed by atoms with E-state index >= 15 is 8.78 Å². The number of alkyl halides is 2. The predicted molar refractivity (Wildman–Crippen MR) is 92.1 cm³/mol. The fourth-order valence-corrected chi connectivity index (χ4v) is 4.76. The highest BCUT2D eigenvalue weighted by atomic mass is 32.2. The molecule has 2 aromatic carbocycles. The molecule has 5 nitrogen and oxygen atoms in total. The van der Waals surface area contributed by atoms with Gasteiger partial charge in [-0.2, -0.15) is 8.78 Å². The second kappa shape index (κ2) is 6.53. The summed E-state index contributed by atoms with van der Waals surface area (Å²) >= 11 is 0. The Labute approximate surface area is 154 Å². The maximum atomic E-state index is 15.5. The average molecular weight is 394 g/mol. The van der Waals surface area contributed by atoms with Crippen molar-refractivity contribution >= 4 is 21.6 Å². The average Bonchev–Trinajstić information content (AvgIpc) is 2.97. The Bertz CT molecular complexity index is 1000. The minimum atomic E-state index is -5.35. The zero-order valence-corrected chi connectivity index (χ0v) is 15.1. The first-order valence-corrected chi connectivity index (χ1v) is 9.66. The molecule has 0 amide bonds. The fraction of sp³-hybridized carbons (Fsp3) is 0.263. The number of fused-ring (bicyclic) bond motifs is 1. The highest BCUT2D eigenvalue weighted by Crippen LogP contribution is 2.52. The van der Waals surface area contributed by atoms with Crippen LogP contribution in [0.4, 0.5) is 8.78 Å². The van der Waals surface area contributed by atoms with Crippen molar-refractivity contribution in [2.24, 2.45) is 5.41 Å². The molecule has 3 rings (SSSR count). The topological polar surface area (TPSA) is 77.5 Å². The van der Waals surface area contributed by atoms with Crippen molar-refractivity contribution < 1.29 is 31.5 Å². The standard InChI is InChI=1S/C19H16F2O5S/c1-2-26-17(23)18(12-13-8-6-7-11-15(13)16(18)22)19(20,21)27(24,25)14-9-4-3-5-10-14/h3-11H,2,12H2,1H3. The molecular formula is C19H16F2O5S. The van der Waals surface area contributed by atoms with E-state index in [0.717, 1.165) is 12.1 Å². The monoisotopic (exact) mass is 394 g/mol. The van der Waals surface area contributed by atoms with E-state index in [1.54, 1.807) is 0 Å². The van der Waals surface area contributed by atoms with Crippen molar-refractivity contribution in [3.05, 3.63) is 65.7 Å². The third-order valence-corrected chi connectivity index (χ3v) is 6.53. The van der Waals surface area contributed by atoms with Crippen molar-refractivity contribution in [1.82, 2.24) is 0 Å². The maximum Gasteiger partial charge on any atom is 0.373 e. The lowest BCUT2D eigenvalue weighted by atomic mass is 9.83. The first kappa shape index (κ1) is 19.2.